The zero-order chi connectivity index (χ0) is 25.5. The van der Waals surface area contributed by atoms with Crippen LogP contribution in [-0.2, 0) is 0 Å². The largest absolute Gasteiger partial charge is 0.226 e. The Kier molecular flexibility index (Phi) is 5.69. The zero-order valence-corrected chi connectivity index (χ0v) is 21.7. The van der Waals surface area contributed by atoms with Crippen LogP contribution >= 0.6 is 22.9 Å². The van der Waals surface area contributed by atoms with Gasteiger partial charge in [-0.25, -0.2) is 4.98 Å². The van der Waals surface area contributed by atoms with Gasteiger partial charge in [-0.15, -0.1) is 11.3 Å². The van der Waals surface area contributed by atoms with Crippen LogP contribution in [0.1, 0.15) is 0 Å². The van der Waals surface area contributed by atoms with Crippen LogP contribution < -0.4 is 0 Å². The molecule has 0 fully saturated rings. The number of nitrogens with zero attached hydrogens (tertiary/aromatic N) is 3. The fourth-order valence-corrected chi connectivity index (χ4v) is 6.30. The first-order valence-electron chi connectivity index (χ1n) is 12.3. The maximum atomic E-state index is 6.52. The summed E-state index contributed by atoms with van der Waals surface area (Å²) in [6.45, 7) is 0. The first-order chi connectivity index (χ1) is 18.7. The molecule has 0 spiro atoms. The molecule has 0 bridgehead atoms. The molecule has 0 saturated heterocycles. The van der Waals surface area contributed by atoms with Gasteiger partial charge in [0.25, 0.3) is 0 Å². The Morgan fingerprint density at radius 1 is 0.447 bits per heavy atom. The highest BCUT2D eigenvalue weighted by molar-refractivity contribution is 7.26. The molecule has 0 amide bonds. The van der Waals surface area contributed by atoms with Gasteiger partial charge in [0.15, 0.2) is 11.6 Å². The molecule has 0 atom stereocenters. The van der Waals surface area contributed by atoms with Crippen molar-refractivity contribution in [2.75, 3.05) is 0 Å². The van der Waals surface area contributed by atoms with E-state index in [9.17, 15) is 0 Å². The molecule has 2 heterocycles. The van der Waals surface area contributed by atoms with Gasteiger partial charge < -0.3 is 0 Å². The maximum Gasteiger partial charge on any atom is 0.226 e. The minimum Gasteiger partial charge on any atom is -0.208 e. The molecule has 0 aliphatic heterocycles. The van der Waals surface area contributed by atoms with Gasteiger partial charge in [-0.05, 0) is 52.1 Å². The Hall–Kier alpha value is -4.38. The highest BCUT2D eigenvalue weighted by Gasteiger charge is 2.18. The van der Waals surface area contributed by atoms with E-state index >= 15 is 0 Å². The van der Waals surface area contributed by atoms with E-state index in [1.165, 1.54) is 25.9 Å². The van der Waals surface area contributed by atoms with Gasteiger partial charge in [0.1, 0.15) is 0 Å². The number of hydrogen-bond acceptors (Lipinski definition) is 4. The second-order valence-electron chi connectivity index (χ2n) is 9.02. The number of halogens is 1. The molecule has 5 heteroatoms. The lowest BCUT2D eigenvalue weighted by Gasteiger charge is -2.09. The van der Waals surface area contributed by atoms with Crippen molar-refractivity contribution in [2.24, 2.45) is 0 Å². The number of fused-ring (bicyclic) bond motifs is 3. The van der Waals surface area contributed by atoms with Crippen molar-refractivity contribution in [2.45, 2.75) is 0 Å². The zero-order valence-electron chi connectivity index (χ0n) is 20.2. The van der Waals surface area contributed by atoms with E-state index in [0.717, 1.165) is 27.6 Å². The minimum atomic E-state index is 0.176. The minimum absolute atomic E-state index is 0.176. The van der Waals surface area contributed by atoms with Crippen molar-refractivity contribution in [3.8, 4) is 45.0 Å². The van der Waals surface area contributed by atoms with Crippen LogP contribution in [0.25, 0.3) is 65.2 Å². The first kappa shape index (κ1) is 22.8. The topological polar surface area (TPSA) is 38.7 Å². The van der Waals surface area contributed by atoms with E-state index in [-0.39, 0.29) is 5.28 Å². The van der Waals surface area contributed by atoms with Crippen molar-refractivity contribution < 1.29 is 0 Å². The summed E-state index contributed by atoms with van der Waals surface area (Å²) in [7, 11) is 0. The smallest absolute Gasteiger partial charge is 0.208 e. The molecule has 2 aromatic heterocycles. The predicted octanol–water partition coefficient (Wildman–Crippen LogP) is 9.56. The van der Waals surface area contributed by atoms with Crippen LogP contribution in [0.15, 0.2) is 121 Å². The van der Waals surface area contributed by atoms with Gasteiger partial charge in [-0.1, -0.05) is 103 Å². The summed E-state index contributed by atoms with van der Waals surface area (Å²) in [5.41, 5.74) is 6.45. The molecule has 5 aromatic carbocycles. The molecule has 7 rings (SSSR count). The van der Waals surface area contributed by atoms with Crippen LogP contribution in [0, 0.1) is 0 Å². The summed E-state index contributed by atoms with van der Waals surface area (Å²) < 4.78 is 2.41. The summed E-state index contributed by atoms with van der Waals surface area (Å²) in [5.74, 6) is 1.12. The van der Waals surface area contributed by atoms with Crippen molar-refractivity contribution in [1.29, 1.82) is 0 Å². The van der Waals surface area contributed by atoms with Crippen LogP contribution in [0.2, 0.25) is 5.28 Å². The van der Waals surface area contributed by atoms with Gasteiger partial charge in [-0.3, -0.25) is 0 Å². The molecular formula is C33H20ClN3S. The molecule has 0 N–H and O–H groups in total. The summed E-state index contributed by atoms with van der Waals surface area (Å²) in [6.07, 6.45) is 0. The van der Waals surface area contributed by atoms with Gasteiger partial charge >= 0.3 is 0 Å². The molecule has 180 valence electrons. The predicted molar refractivity (Wildman–Crippen MR) is 159 cm³/mol. The van der Waals surface area contributed by atoms with E-state index in [4.69, 9.17) is 16.6 Å². The fraction of sp³-hybridized carbons (Fsp3) is 0. The fourth-order valence-electron chi connectivity index (χ4n) is 4.98. The second-order valence-corrected chi connectivity index (χ2v) is 10.4. The summed E-state index contributed by atoms with van der Waals surface area (Å²) >= 11 is 8.30. The second kappa shape index (κ2) is 9.49. The molecular weight excluding hydrogens is 506 g/mol. The Morgan fingerprint density at radius 3 is 1.74 bits per heavy atom. The van der Waals surface area contributed by atoms with Gasteiger partial charge in [-0.2, -0.15) is 9.97 Å². The first-order valence-corrected chi connectivity index (χ1v) is 13.5. The molecule has 38 heavy (non-hydrogen) atoms. The quantitative estimate of drug-likeness (QED) is 0.229. The molecule has 0 radical (unpaired) electrons. The molecule has 3 nitrogen and oxygen atoms in total. The molecule has 0 unspecified atom stereocenters. The average Bonchev–Trinajstić information content (AvgIpc) is 3.37. The highest BCUT2D eigenvalue weighted by Crippen LogP contribution is 2.43. The van der Waals surface area contributed by atoms with Crippen molar-refractivity contribution in [3.05, 3.63) is 127 Å². The summed E-state index contributed by atoms with van der Waals surface area (Å²) in [6, 6.07) is 41.8. The monoisotopic (exact) mass is 525 g/mol. The van der Waals surface area contributed by atoms with E-state index in [2.05, 4.69) is 94.9 Å². The lowest BCUT2D eigenvalue weighted by molar-refractivity contribution is 1.07. The van der Waals surface area contributed by atoms with E-state index < -0.39 is 0 Å². The van der Waals surface area contributed by atoms with E-state index in [0.29, 0.717) is 11.6 Å². The standard InChI is InChI=1S/C33H20ClN3S/c34-33-36-31(24-15-7-14-23(20-24)21-10-3-1-4-11-21)35-32(37-33)26-17-9-19-28-30(26)29-25(16-8-18-27(29)38-28)22-12-5-2-6-13-22/h1-20H. The average molecular weight is 526 g/mol. The van der Waals surface area contributed by atoms with Crippen LogP contribution in [-0.4, -0.2) is 15.0 Å². The van der Waals surface area contributed by atoms with Gasteiger partial charge in [0.2, 0.25) is 5.28 Å². The van der Waals surface area contributed by atoms with Crippen LogP contribution in [0.4, 0.5) is 0 Å². The Morgan fingerprint density at radius 2 is 1.00 bits per heavy atom. The normalized spacial score (nSPS) is 11.3. The van der Waals surface area contributed by atoms with Crippen LogP contribution in [0.5, 0.6) is 0 Å². The molecule has 0 aliphatic rings. The third-order valence-electron chi connectivity index (χ3n) is 6.68. The highest BCUT2D eigenvalue weighted by atomic mass is 35.5. The molecule has 0 aliphatic carbocycles. The maximum absolute atomic E-state index is 6.52. The number of thiophene rings is 1. The third kappa shape index (κ3) is 4.04. The van der Waals surface area contributed by atoms with Crippen molar-refractivity contribution in [1.82, 2.24) is 15.0 Å². The van der Waals surface area contributed by atoms with Gasteiger partial charge in [0.05, 0.1) is 0 Å². The van der Waals surface area contributed by atoms with E-state index in [1.54, 1.807) is 11.3 Å². The number of aromatic nitrogens is 3. The number of rotatable bonds is 4. The Bertz CT molecular complexity index is 1930. The van der Waals surface area contributed by atoms with Gasteiger partial charge in [0, 0.05) is 31.3 Å². The number of hydrogen-bond donors (Lipinski definition) is 0. The lowest BCUT2D eigenvalue weighted by atomic mass is 9.97. The van der Waals surface area contributed by atoms with Crippen molar-refractivity contribution in [3.63, 3.8) is 0 Å². The molecule has 0 saturated carbocycles. The van der Waals surface area contributed by atoms with Crippen LogP contribution in [0.3, 0.4) is 0 Å². The SMILES string of the molecule is Clc1nc(-c2cccc(-c3ccccc3)c2)nc(-c2cccc3sc4cccc(-c5ccccc5)c4c23)n1. The lowest BCUT2D eigenvalue weighted by Crippen LogP contribution is -1.98. The Labute approximate surface area is 229 Å². The Balaban J connectivity index is 1.43. The summed E-state index contributed by atoms with van der Waals surface area (Å²) in [5, 5.41) is 2.52. The van der Waals surface area contributed by atoms with Crippen molar-refractivity contribution >= 4 is 43.1 Å². The molecule has 7 aromatic rings. The third-order valence-corrected chi connectivity index (χ3v) is 7.97. The number of benzene rings is 5. The van der Waals surface area contributed by atoms with E-state index in [1.807, 2.05) is 36.4 Å². The summed E-state index contributed by atoms with van der Waals surface area (Å²) in [4.78, 5) is 14.0.